The second kappa shape index (κ2) is 21.4. The standard InChI is InChI=1S/C41H53N3O16S3/c1-29-11-12-30(62(52,53)54)27-32(29)40(2,18-8-26-61(49,50)51)35(42-20-22-45)9-6-5-7-10-36-41(3,19-24-58-4)33-28-31(63(55,56)57)13-14-34(33)43(36)21-25-59-23-17-39(48)60-44-37(46)15-16-38(44)47/h5-7,9-14,27-28,45H,8,15-26H2,1-4H3,(H,49,50,51)(H,52,53,54)(H,55,56,57)/b7-5+,9-6+,36-10+,42-35+. The normalized spacial score (nSPS) is 19.2. The van der Waals surface area contributed by atoms with Crippen LogP contribution in [0.1, 0.15) is 69.1 Å². The minimum absolute atomic E-state index is 0.0442. The average Bonchev–Trinajstić information content (AvgIpc) is 3.63. The summed E-state index contributed by atoms with van der Waals surface area (Å²) in [5, 5.41) is 10.2. The van der Waals surface area contributed by atoms with E-state index in [9.17, 15) is 58.4 Å². The molecule has 0 bridgehead atoms. The molecule has 346 valence electrons. The Morgan fingerprint density at radius 1 is 0.921 bits per heavy atom. The fourth-order valence-corrected chi connectivity index (χ4v) is 9.05. The van der Waals surface area contributed by atoms with Crippen molar-refractivity contribution in [2.75, 3.05) is 57.3 Å². The summed E-state index contributed by atoms with van der Waals surface area (Å²) >= 11 is 0. The van der Waals surface area contributed by atoms with Gasteiger partial charge in [0.1, 0.15) is 0 Å². The van der Waals surface area contributed by atoms with Crippen molar-refractivity contribution in [2.45, 2.75) is 79.9 Å². The molecule has 4 N–H and O–H groups in total. The van der Waals surface area contributed by atoms with Crippen molar-refractivity contribution in [3.05, 3.63) is 89.2 Å². The van der Waals surface area contributed by atoms with E-state index >= 15 is 0 Å². The van der Waals surface area contributed by atoms with Crippen molar-refractivity contribution in [1.29, 1.82) is 0 Å². The summed E-state index contributed by atoms with van der Waals surface area (Å²) in [7, 11) is -12.1. The van der Waals surface area contributed by atoms with E-state index in [1.807, 2.05) is 11.8 Å². The van der Waals surface area contributed by atoms with E-state index in [4.69, 9.17) is 14.3 Å². The molecule has 1 saturated heterocycles. The number of anilines is 1. The fraction of sp³-hybridized carbons (Fsp3) is 0.463. The first-order chi connectivity index (χ1) is 29.5. The van der Waals surface area contributed by atoms with Gasteiger partial charge in [-0.15, -0.1) is 5.06 Å². The van der Waals surface area contributed by atoms with Crippen molar-refractivity contribution in [3.8, 4) is 0 Å². The van der Waals surface area contributed by atoms with Crippen LogP contribution in [-0.2, 0) is 69.9 Å². The van der Waals surface area contributed by atoms with Crippen LogP contribution in [0.15, 0.2) is 87.3 Å². The van der Waals surface area contributed by atoms with E-state index in [0.717, 1.165) is 0 Å². The van der Waals surface area contributed by atoms with Crippen LogP contribution in [0.5, 0.6) is 0 Å². The molecule has 4 rings (SSSR count). The maximum absolute atomic E-state index is 12.3. The number of rotatable bonds is 23. The van der Waals surface area contributed by atoms with Gasteiger partial charge in [0.05, 0.1) is 48.3 Å². The number of amides is 2. The Bertz CT molecular complexity index is 2490. The third-order valence-corrected chi connectivity index (χ3v) is 13.3. The summed E-state index contributed by atoms with van der Waals surface area (Å²) in [6.07, 6.45) is 8.34. The lowest BCUT2D eigenvalue weighted by molar-refractivity contribution is -0.198. The van der Waals surface area contributed by atoms with Gasteiger partial charge in [0.25, 0.3) is 42.2 Å². The first-order valence-corrected chi connectivity index (χ1v) is 24.2. The van der Waals surface area contributed by atoms with Gasteiger partial charge in [0, 0.05) is 61.0 Å². The van der Waals surface area contributed by atoms with Gasteiger partial charge in [-0.3, -0.25) is 28.2 Å². The predicted octanol–water partition coefficient (Wildman–Crippen LogP) is 3.67. The Labute approximate surface area is 367 Å². The number of aliphatic hydroxyl groups excluding tert-OH is 1. The summed E-state index contributed by atoms with van der Waals surface area (Å²) in [5.74, 6) is -2.65. The number of methoxy groups -OCH3 is 1. The summed E-state index contributed by atoms with van der Waals surface area (Å²) in [6, 6.07) is 8.21. The number of hydrogen-bond acceptors (Lipinski definition) is 15. The zero-order valence-corrected chi connectivity index (χ0v) is 37.7. The van der Waals surface area contributed by atoms with Crippen molar-refractivity contribution in [3.63, 3.8) is 0 Å². The van der Waals surface area contributed by atoms with Crippen LogP contribution in [0, 0.1) is 6.92 Å². The van der Waals surface area contributed by atoms with E-state index in [1.54, 1.807) is 50.3 Å². The zero-order chi connectivity index (χ0) is 46.8. The molecule has 63 heavy (non-hydrogen) atoms. The number of allylic oxidation sites excluding steroid dienone is 6. The van der Waals surface area contributed by atoms with Crippen LogP contribution in [0.4, 0.5) is 5.69 Å². The van der Waals surface area contributed by atoms with Gasteiger partial charge in [-0.05, 0) is 99.2 Å². The van der Waals surface area contributed by atoms with Gasteiger partial charge in [0.15, 0.2) is 0 Å². The van der Waals surface area contributed by atoms with Gasteiger partial charge in [-0.1, -0.05) is 24.3 Å². The lowest BCUT2D eigenvalue weighted by atomic mass is 9.72. The maximum atomic E-state index is 12.3. The topological polar surface area (TPSA) is 281 Å². The second-order valence-corrected chi connectivity index (χ2v) is 19.7. The zero-order valence-electron chi connectivity index (χ0n) is 35.3. The highest BCUT2D eigenvalue weighted by molar-refractivity contribution is 7.86. The monoisotopic (exact) mass is 939 g/mol. The third kappa shape index (κ3) is 13.2. The minimum atomic E-state index is -4.64. The van der Waals surface area contributed by atoms with E-state index in [1.165, 1.54) is 37.4 Å². The highest BCUT2D eigenvalue weighted by Crippen LogP contribution is 2.50. The Hall–Kier alpha value is -4.65. The maximum Gasteiger partial charge on any atom is 0.335 e. The molecule has 19 nitrogen and oxygen atoms in total. The Kier molecular flexibility index (Phi) is 17.3. The lowest BCUT2D eigenvalue weighted by Crippen LogP contribution is -2.34. The van der Waals surface area contributed by atoms with Gasteiger partial charge in [-0.25, -0.2) is 4.79 Å². The largest absolute Gasteiger partial charge is 0.394 e. The number of imide groups is 1. The third-order valence-electron chi connectivity index (χ3n) is 10.8. The summed E-state index contributed by atoms with van der Waals surface area (Å²) < 4.78 is 113. The molecule has 0 aromatic heterocycles. The molecule has 22 heteroatoms. The number of fused-ring (bicyclic) bond motifs is 1. The molecular weight excluding hydrogens is 887 g/mol. The summed E-state index contributed by atoms with van der Waals surface area (Å²) in [5.41, 5.74) is 1.04. The molecule has 2 unspecified atom stereocenters. The van der Waals surface area contributed by atoms with Crippen molar-refractivity contribution in [2.24, 2.45) is 4.99 Å². The van der Waals surface area contributed by atoms with Crippen LogP contribution in [0.2, 0.25) is 0 Å². The van der Waals surface area contributed by atoms with Crippen molar-refractivity contribution >= 4 is 59.5 Å². The van der Waals surface area contributed by atoms with Gasteiger partial charge < -0.3 is 24.3 Å². The van der Waals surface area contributed by atoms with Crippen LogP contribution in [-0.4, -0.2) is 125 Å². The highest BCUT2D eigenvalue weighted by Gasteiger charge is 2.44. The molecule has 2 atom stereocenters. The fourth-order valence-electron chi connectivity index (χ4n) is 7.52. The number of carbonyl (C=O) groups is 3. The average molecular weight is 940 g/mol. The van der Waals surface area contributed by atoms with Gasteiger partial charge in [0.2, 0.25) is 0 Å². The molecule has 2 aliphatic rings. The van der Waals surface area contributed by atoms with Crippen molar-refractivity contribution < 1.29 is 72.7 Å². The molecule has 1 fully saturated rings. The molecule has 2 amide bonds. The number of aliphatic imine (C=N–C) groups is 1. The molecule has 0 aliphatic carbocycles. The number of aliphatic hydroxyl groups is 1. The summed E-state index contributed by atoms with van der Waals surface area (Å²) in [4.78, 5) is 46.6. The quantitative estimate of drug-likeness (QED) is 0.0407. The molecule has 2 aliphatic heterocycles. The number of nitrogens with zero attached hydrogens (tertiary/aromatic N) is 3. The minimum Gasteiger partial charge on any atom is -0.394 e. The SMILES string of the molecule is COCCC1(C)\C(=C/C=C/C=C/C(=N\CCO)C(C)(CCCS(=O)(=O)O)c2cc(S(=O)(=O)O)ccc2C)N(CCOCCC(=O)ON2C(=O)CCC2=O)c2ccc(S(=O)(=O)O)cc21. The van der Waals surface area contributed by atoms with Gasteiger partial charge in [-0.2, -0.15) is 25.3 Å². The number of ether oxygens (including phenoxy) is 2. The smallest absolute Gasteiger partial charge is 0.335 e. The number of aryl methyl sites for hydroxylation is 1. The number of hydroxylamine groups is 2. The lowest BCUT2D eigenvalue weighted by Gasteiger charge is -2.33. The molecule has 2 aromatic rings. The van der Waals surface area contributed by atoms with E-state index in [2.05, 4.69) is 4.99 Å². The first-order valence-electron chi connectivity index (χ1n) is 19.7. The van der Waals surface area contributed by atoms with Crippen LogP contribution in [0.25, 0.3) is 0 Å². The second-order valence-electron chi connectivity index (χ2n) is 15.2. The van der Waals surface area contributed by atoms with Crippen LogP contribution < -0.4 is 4.90 Å². The van der Waals surface area contributed by atoms with E-state index in [0.29, 0.717) is 45.3 Å². The Morgan fingerprint density at radius 2 is 1.57 bits per heavy atom. The van der Waals surface area contributed by atoms with E-state index < -0.39 is 69.6 Å². The molecule has 0 spiro atoms. The summed E-state index contributed by atoms with van der Waals surface area (Å²) in [6.45, 7) is 5.24. The number of hydrogen-bond donors (Lipinski definition) is 4. The molecule has 2 heterocycles. The number of benzene rings is 2. The Balaban J connectivity index is 1.70. The number of carbonyl (C=O) groups excluding carboxylic acids is 3. The van der Waals surface area contributed by atoms with Crippen molar-refractivity contribution in [1.82, 2.24) is 5.06 Å². The van der Waals surface area contributed by atoms with Crippen LogP contribution >= 0.6 is 0 Å². The highest BCUT2D eigenvalue weighted by atomic mass is 32.2. The van der Waals surface area contributed by atoms with E-state index in [-0.39, 0.29) is 76.5 Å². The molecular formula is C41H53N3O16S3. The Morgan fingerprint density at radius 3 is 2.19 bits per heavy atom. The molecule has 0 radical (unpaired) electrons. The molecule has 0 saturated carbocycles. The van der Waals surface area contributed by atoms with Crippen LogP contribution in [0.3, 0.4) is 0 Å². The predicted molar refractivity (Wildman–Crippen MR) is 230 cm³/mol. The molecule has 2 aromatic carbocycles. The van der Waals surface area contributed by atoms with Gasteiger partial charge >= 0.3 is 5.97 Å². The first kappa shape index (κ1) is 51.0.